The number of nitrogens with one attached hydrogen (secondary N) is 1. The van der Waals surface area contributed by atoms with Gasteiger partial charge in [0, 0.05) is 13.1 Å². The second kappa shape index (κ2) is 12.4. The highest BCUT2D eigenvalue weighted by Crippen LogP contribution is 2.23. The highest BCUT2D eigenvalue weighted by molar-refractivity contribution is 7.92. The molecule has 194 valence electrons. The summed E-state index contributed by atoms with van der Waals surface area (Å²) in [7, 11) is -2.23. The van der Waals surface area contributed by atoms with E-state index in [1.807, 2.05) is 4.90 Å². The summed E-state index contributed by atoms with van der Waals surface area (Å²) in [5, 5.41) is 3.95. The molecule has 1 aliphatic heterocycles. The van der Waals surface area contributed by atoms with Crippen LogP contribution >= 0.6 is 0 Å². The number of carbonyl (C=O) groups excluding carboxylic acids is 2. The third-order valence-corrected chi connectivity index (χ3v) is 7.00. The van der Waals surface area contributed by atoms with Gasteiger partial charge in [-0.25, -0.2) is 13.8 Å². The van der Waals surface area contributed by atoms with Crippen molar-refractivity contribution in [2.45, 2.75) is 32.2 Å². The number of anilines is 1. The van der Waals surface area contributed by atoms with E-state index in [1.165, 1.54) is 20.2 Å². The molecule has 0 unspecified atom stereocenters. The summed E-state index contributed by atoms with van der Waals surface area (Å²) in [4.78, 5) is 26.7. The fourth-order valence-corrected chi connectivity index (χ4v) is 5.01. The van der Waals surface area contributed by atoms with E-state index in [2.05, 4.69) is 10.5 Å². The first-order valence-electron chi connectivity index (χ1n) is 11.7. The molecule has 11 heteroatoms. The molecular formula is C25H32N4O6S. The third kappa shape index (κ3) is 7.45. The van der Waals surface area contributed by atoms with Crippen LogP contribution in [0.15, 0.2) is 53.6 Å². The van der Waals surface area contributed by atoms with Gasteiger partial charge in [0.1, 0.15) is 17.5 Å². The number of hydrazone groups is 1. The number of carbonyl (C=O) groups is 2. The van der Waals surface area contributed by atoms with Gasteiger partial charge in [-0.05, 0) is 80.3 Å². The summed E-state index contributed by atoms with van der Waals surface area (Å²) in [5.74, 6) is 0.510. The smallest absolute Gasteiger partial charge is 0.263 e. The lowest BCUT2D eigenvalue weighted by Gasteiger charge is -2.27. The Hall–Kier alpha value is -3.60. The van der Waals surface area contributed by atoms with Crippen molar-refractivity contribution in [2.75, 3.05) is 37.4 Å². The number of hydrogen-bond donors (Lipinski definition) is 1. The van der Waals surface area contributed by atoms with E-state index in [4.69, 9.17) is 9.47 Å². The highest BCUT2D eigenvalue weighted by Gasteiger charge is 2.29. The van der Waals surface area contributed by atoms with Gasteiger partial charge in [0.25, 0.3) is 11.8 Å². The van der Waals surface area contributed by atoms with Crippen LogP contribution in [-0.2, 0) is 19.6 Å². The molecule has 0 saturated carbocycles. The predicted octanol–water partition coefficient (Wildman–Crippen LogP) is 2.39. The van der Waals surface area contributed by atoms with Gasteiger partial charge in [-0.15, -0.1) is 0 Å². The van der Waals surface area contributed by atoms with Crippen molar-refractivity contribution < 1.29 is 27.5 Å². The molecule has 2 aromatic rings. The highest BCUT2D eigenvalue weighted by atomic mass is 32.2. The van der Waals surface area contributed by atoms with Crippen molar-refractivity contribution in [3.63, 3.8) is 0 Å². The first kappa shape index (κ1) is 27.0. The molecule has 2 aromatic carbocycles. The second-order valence-electron chi connectivity index (χ2n) is 8.47. The van der Waals surface area contributed by atoms with Crippen LogP contribution in [0.1, 0.15) is 31.7 Å². The van der Waals surface area contributed by atoms with Crippen LogP contribution in [0, 0.1) is 0 Å². The number of methoxy groups -OCH3 is 1. The number of rotatable bonds is 10. The molecule has 0 spiro atoms. The average molecular weight is 517 g/mol. The van der Waals surface area contributed by atoms with Crippen molar-refractivity contribution in [3.8, 4) is 11.5 Å². The number of hydrogen-bond acceptors (Lipinski definition) is 7. The van der Waals surface area contributed by atoms with Crippen molar-refractivity contribution in [2.24, 2.45) is 5.10 Å². The molecular weight excluding hydrogens is 484 g/mol. The van der Waals surface area contributed by atoms with Gasteiger partial charge in [-0.2, -0.15) is 5.10 Å². The zero-order valence-corrected chi connectivity index (χ0v) is 21.5. The van der Waals surface area contributed by atoms with E-state index < -0.39 is 22.0 Å². The minimum Gasteiger partial charge on any atom is -0.497 e. The molecule has 3 rings (SSSR count). The fourth-order valence-electron chi connectivity index (χ4n) is 3.83. The molecule has 2 amide bonds. The summed E-state index contributed by atoms with van der Waals surface area (Å²) in [6.45, 7) is 3.04. The number of amides is 2. The normalized spacial score (nSPS) is 14.8. The van der Waals surface area contributed by atoms with Crippen LogP contribution in [0.2, 0.25) is 0 Å². The first-order valence-corrected chi connectivity index (χ1v) is 13.5. The Bertz CT molecular complexity index is 1160. The van der Waals surface area contributed by atoms with E-state index >= 15 is 0 Å². The number of likely N-dealkylation sites (tertiary alicyclic amines) is 1. The zero-order chi connectivity index (χ0) is 26.1. The fraction of sp³-hybridized carbons (Fsp3) is 0.400. The number of nitrogens with zero attached hydrogens (tertiary/aromatic N) is 3. The topological polar surface area (TPSA) is 118 Å². The SMILES string of the molecule is COc1ccc(N([C@@H](C)C(=O)N/N=C\c2ccc(OCC(=O)N3CCCCC3)cc2)S(C)(=O)=O)cc1. The van der Waals surface area contributed by atoms with E-state index in [0.717, 1.165) is 42.9 Å². The molecule has 0 aromatic heterocycles. The Morgan fingerprint density at radius 2 is 1.67 bits per heavy atom. The van der Waals surface area contributed by atoms with E-state index in [1.54, 1.807) is 48.5 Å². The largest absolute Gasteiger partial charge is 0.497 e. The average Bonchev–Trinajstić information content (AvgIpc) is 2.88. The maximum atomic E-state index is 12.6. The van der Waals surface area contributed by atoms with Gasteiger partial charge in [0.15, 0.2) is 6.61 Å². The molecule has 1 saturated heterocycles. The van der Waals surface area contributed by atoms with E-state index in [-0.39, 0.29) is 12.5 Å². The number of ether oxygens (including phenoxy) is 2. The van der Waals surface area contributed by atoms with Crippen molar-refractivity contribution >= 4 is 33.7 Å². The van der Waals surface area contributed by atoms with Gasteiger partial charge in [-0.3, -0.25) is 13.9 Å². The van der Waals surface area contributed by atoms with Crippen LogP contribution in [0.25, 0.3) is 0 Å². The molecule has 1 atom stereocenters. The Morgan fingerprint density at radius 3 is 2.25 bits per heavy atom. The molecule has 0 bridgehead atoms. The Balaban J connectivity index is 1.55. The lowest BCUT2D eigenvalue weighted by atomic mass is 10.1. The lowest BCUT2D eigenvalue weighted by molar-refractivity contribution is -0.134. The van der Waals surface area contributed by atoms with Crippen molar-refractivity contribution in [3.05, 3.63) is 54.1 Å². The molecule has 36 heavy (non-hydrogen) atoms. The third-order valence-electron chi connectivity index (χ3n) is 5.75. The van der Waals surface area contributed by atoms with Crippen LogP contribution in [0.4, 0.5) is 5.69 Å². The maximum Gasteiger partial charge on any atom is 0.263 e. The molecule has 1 fully saturated rings. The number of sulfonamides is 1. The summed E-state index contributed by atoms with van der Waals surface area (Å²) in [6.07, 6.45) is 5.69. The van der Waals surface area contributed by atoms with Gasteiger partial charge in [-0.1, -0.05) is 0 Å². The lowest BCUT2D eigenvalue weighted by Crippen LogP contribution is -2.46. The number of piperidine rings is 1. The summed E-state index contributed by atoms with van der Waals surface area (Å²) < 4.78 is 36.5. The quantitative estimate of drug-likeness (QED) is 0.383. The van der Waals surface area contributed by atoms with Gasteiger partial charge in [0.05, 0.1) is 25.3 Å². The standard InChI is InChI=1S/C25H32N4O6S/c1-19(29(36(3,32)33)21-9-13-22(34-2)14-10-21)25(31)27-26-17-20-7-11-23(12-8-20)35-18-24(30)28-15-5-4-6-16-28/h7-14,17,19H,4-6,15-16,18H2,1-3H3,(H,27,31)/b26-17-/t19-/m0/s1. The minimum atomic E-state index is -3.74. The van der Waals surface area contributed by atoms with Crippen LogP contribution in [0.3, 0.4) is 0 Å². The minimum absolute atomic E-state index is 0.00753. The van der Waals surface area contributed by atoms with Crippen LogP contribution in [0.5, 0.6) is 11.5 Å². The van der Waals surface area contributed by atoms with Crippen molar-refractivity contribution in [1.29, 1.82) is 0 Å². The van der Waals surface area contributed by atoms with Crippen molar-refractivity contribution in [1.82, 2.24) is 10.3 Å². The summed E-state index contributed by atoms with van der Waals surface area (Å²) in [5.41, 5.74) is 3.41. The Kier molecular flexibility index (Phi) is 9.29. The number of benzene rings is 2. The van der Waals surface area contributed by atoms with E-state index in [9.17, 15) is 18.0 Å². The second-order valence-corrected chi connectivity index (χ2v) is 10.3. The molecule has 1 aliphatic rings. The summed E-state index contributed by atoms with van der Waals surface area (Å²) in [6, 6.07) is 12.2. The molecule has 10 nitrogen and oxygen atoms in total. The van der Waals surface area contributed by atoms with Crippen LogP contribution in [-0.4, -0.2) is 70.5 Å². The predicted molar refractivity (Wildman–Crippen MR) is 138 cm³/mol. The molecule has 1 heterocycles. The van der Waals surface area contributed by atoms with Crippen LogP contribution < -0.4 is 19.2 Å². The zero-order valence-electron chi connectivity index (χ0n) is 20.7. The molecule has 1 N–H and O–H groups in total. The monoisotopic (exact) mass is 516 g/mol. The first-order chi connectivity index (χ1) is 17.2. The van der Waals surface area contributed by atoms with Gasteiger partial charge < -0.3 is 14.4 Å². The van der Waals surface area contributed by atoms with E-state index in [0.29, 0.717) is 22.7 Å². The Labute approximate surface area is 211 Å². The Morgan fingerprint density at radius 1 is 1.06 bits per heavy atom. The maximum absolute atomic E-state index is 12.6. The van der Waals surface area contributed by atoms with Gasteiger partial charge >= 0.3 is 0 Å². The molecule has 0 radical (unpaired) electrons. The van der Waals surface area contributed by atoms with Gasteiger partial charge in [0.2, 0.25) is 10.0 Å². The molecule has 0 aliphatic carbocycles. The summed E-state index contributed by atoms with van der Waals surface area (Å²) >= 11 is 0.